The van der Waals surface area contributed by atoms with Crippen LogP contribution in [0.5, 0.6) is 0 Å². The van der Waals surface area contributed by atoms with Gasteiger partial charge >= 0.3 is 0 Å². The monoisotopic (exact) mass is 264 g/mol. The molecule has 1 N–H and O–H groups in total. The van der Waals surface area contributed by atoms with Gasteiger partial charge < -0.3 is 10.1 Å². The molecule has 1 saturated heterocycles. The Balaban J connectivity index is 2.06. The molecule has 0 aromatic rings. The van der Waals surface area contributed by atoms with Crippen LogP contribution in [0, 0.1) is 0 Å². The standard InChI is InChI=1S/C11H24N2O3S/c1-3-13-6-7-16-11(10-13)9-12-5-4-8-17(2,14)15/h11-12H,3-10H2,1-2H3. The first-order valence-electron chi connectivity index (χ1n) is 6.23. The van der Waals surface area contributed by atoms with E-state index >= 15 is 0 Å². The van der Waals surface area contributed by atoms with Crippen LogP contribution in [-0.2, 0) is 14.6 Å². The van der Waals surface area contributed by atoms with E-state index in [1.54, 1.807) is 0 Å². The first-order chi connectivity index (χ1) is 8.01. The van der Waals surface area contributed by atoms with Gasteiger partial charge in [0.15, 0.2) is 0 Å². The molecular weight excluding hydrogens is 240 g/mol. The predicted octanol–water partition coefficient (Wildman–Crippen LogP) is -0.269. The van der Waals surface area contributed by atoms with Gasteiger partial charge in [0, 0.05) is 25.9 Å². The summed E-state index contributed by atoms with van der Waals surface area (Å²) in [6, 6.07) is 0. The minimum absolute atomic E-state index is 0.238. The summed E-state index contributed by atoms with van der Waals surface area (Å²) in [4.78, 5) is 2.37. The molecular formula is C11H24N2O3S. The van der Waals surface area contributed by atoms with Crippen LogP contribution in [0.1, 0.15) is 13.3 Å². The third-order valence-corrected chi connectivity index (χ3v) is 3.94. The SMILES string of the molecule is CCN1CCOC(CNCCCS(C)(=O)=O)C1. The number of morpholine rings is 1. The second-order valence-electron chi connectivity index (χ2n) is 4.57. The number of nitrogens with zero attached hydrogens (tertiary/aromatic N) is 1. The average Bonchev–Trinajstić information content (AvgIpc) is 2.27. The highest BCUT2D eigenvalue weighted by Gasteiger charge is 2.18. The Labute approximate surface area is 104 Å². The number of hydrogen-bond donors (Lipinski definition) is 1. The van der Waals surface area contributed by atoms with Crippen LogP contribution >= 0.6 is 0 Å². The van der Waals surface area contributed by atoms with Crippen LogP contribution in [0.2, 0.25) is 0 Å². The summed E-state index contributed by atoms with van der Waals surface area (Å²) in [5, 5.41) is 3.26. The topological polar surface area (TPSA) is 58.6 Å². The average molecular weight is 264 g/mol. The van der Waals surface area contributed by atoms with Crippen molar-refractivity contribution in [3.8, 4) is 0 Å². The van der Waals surface area contributed by atoms with Crippen LogP contribution in [-0.4, -0.2) is 70.8 Å². The fourth-order valence-corrected chi connectivity index (χ4v) is 2.58. The zero-order valence-corrected chi connectivity index (χ0v) is 11.6. The van der Waals surface area contributed by atoms with Crippen LogP contribution in [0.25, 0.3) is 0 Å². The molecule has 0 amide bonds. The molecule has 1 aliphatic rings. The lowest BCUT2D eigenvalue weighted by Crippen LogP contribution is -2.46. The van der Waals surface area contributed by atoms with Gasteiger partial charge in [-0.1, -0.05) is 6.92 Å². The molecule has 0 spiro atoms. The predicted molar refractivity (Wildman–Crippen MR) is 69.1 cm³/mol. The largest absolute Gasteiger partial charge is 0.374 e. The third kappa shape index (κ3) is 6.98. The van der Waals surface area contributed by atoms with E-state index < -0.39 is 9.84 Å². The molecule has 0 radical (unpaired) electrons. The fraction of sp³-hybridized carbons (Fsp3) is 1.00. The van der Waals surface area contributed by atoms with Crippen molar-refractivity contribution >= 4 is 9.84 Å². The molecule has 1 fully saturated rings. The van der Waals surface area contributed by atoms with Crippen molar-refractivity contribution < 1.29 is 13.2 Å². The molecule has 0 aliphatic carbocycles. The number of nitrogens with one attached hydrogen (secondary N) is 1. The highest BCUT2D eigenvalue weighted by atomic mass is 32.2. The molecule has 6 heteroatoms. The maximum atomic E-state index is 10.9. The normalized spacial score (nSPS) is 22.8. The lowest BCUT2D eigenvalue weighted by Gasteiger charge is -2.32. The molecule has 0 saturated carbocycles. The summed E-state index contributed by atoms with van der Waals surface area (Å²) in [6.07, 6.45) is 2.18. The molecule has 0 aromatic heterocycles. The Hall–Kier alpha value is -0.170. The summed E-state index contributed by atoms with van der Waals surface area (Å²) in [6.45, 7) is 7.54. The lowest BCUT2D eigenvalue weighted by molar-refractivity contribution is -0.0251. The van der Waals surface area contributed by atoms with Gasteiger partial charge in [-0.05, 0) is 19.5 Å². The Morgan fingerprint density at radius 1 is 1.47 bits per heavy atom. The fourth-order valence-electron chi connectivity index (χ4n) is 1.91. The summed E-state index contributed by atoms with van der Waals surface area (Å²) >= 11 is 0. The zero-order valence-electron chi connectivity index (χ0n) is 10.8. The number of likely N-dealkylation sites (N-methyl/N-ethyl adjacent to an activating group) is 1. The Morgan fingerprint density at radius 3 is 2.88 bits per heavy atom. The third-order valence-electron chi connectivity index (χ3n) is 2.91. The van der Waals surface area contributed by atoms with E-state index in [1.807, 2.05) is 0 Å². The lowest BCUT2D eigenvalue weighted by atomic mass is 10.2. The van der Waals surface area contributed by atoms with E-state index in [1.165, 1.54) is 6.26 Å². The van der Waals surface area contributed by atoms with Crippen molar-refractivity contribution in [2.24, 2.45) is 0 Å². The van der Waals surface area contributed by atoms with Gasteiger partial charge in [0.1, 0.15) is 9.84 Å². The van der Waals surface area contributed by atoms with Gasteiger partial charge in [0.25, 0.3) is 0 Å². The van der Waals surface area contributed by atoms with Gasteiger partial charge in [-0.2, -0.15) is 0 Å². The molecule has 0 aromatic carbocycles. The van der Waals surface area contributed by atoms with Crippen molar-refractivity contribution in [1.29, 1.82) is 0 Å². The van der Waals surface area contributed by atoms with E-state index in [0.717, 1.165) is 39.3 Å². The highest BCUT2D eigenvalue weighted by Crippen LogP contribution is 2.03. The van der Waals surface area contributed by atoms with Gasteiger partial charge in [-0.15, -0.1) is 0 Å². The summed E-state index contributed by atoms with van der Waals surface area (Å²) < 4.78 is 27.5. The molecule has 1 unspecified atom stereocenters. The zero-order chi connectivity index (χ0) is 12.7. The second-order valence-corrected chi connectivity index (χ2v) is 6.83. The Bertz CT molecular complexity index is 306. The van der Waals surface area contributed by atoms with Gasteiger partial charge in [0.2, 0.25) is 0 Å². The first-order valence-corrected chi connectivity index (χ1v) is 8.29. The maximum absolute atomic E-state index is 10.9. The van der Waals surface area contributed by atoms with Crippen LogP contribution < -0.4 is 5.32 Å². The summed E-state index contributed by atoms with van der Waals surface area (Å²) in [7, 11) is -2.82. The Morgan fingerprint density at radius 2 is 2.24 bits per heavy atom. The molecule has 1 atom stereocenters. The smallest absolute Gasteiger partial charge is 0.147 e. The number of hydrogen-bond acceptors (Lipinski definition) is 5. The summed E-state index contributed by atoms with van der Waals surface area (Å²) in [5.74, 6) is 0.257. The van der Waals surface area contributed by atoms with Gasteiger partial charge in [-0.25, -0.2) is 8.42 Å². The molecule has 1 rings (SSSR count). The van der Waals surface area contributed by atoms with Crippen LogP contribution in [0.15, 0.2) is 0 Å². The minimum atomic E-state index is -2.82. The quantitative estimate of drug-likeness (QED) is 0.642. The molecule has 1 heterocycles. The minimum Gasteiger partial charge on any atom is -0.374 e. The number of ether oxygens (including phenoxy) is 1. The van der Waals surface area contributed by atoms with E-state index in [9.17, 15) is 8.42 Å². The highest BCUT2D eigenvalue weighted by molar-refractivity contribution is 7.90. The molecule has 102 valence electrons. The van der Waals surface area contributed by atoms with Crippen LogP contribution in [0.4, 0.5) is 0 Å². The van der Waals surface area contributed by atoms with Crippen molar-refractivity contribution in [3.63, 3.8) is 0 Å². The van der Waals surface area contributed by atoms with E-state index in [-0.39, 0.29) is 11.9 Å². The van der Waals surface area contributed by atoms with Gasteiger partial charge in [-0.3, -0.25) is 4.90 Å². The van der Waals surface area contributed by atoms with E-state index in [2.05, 4.69) is 17.1 Å². The molecule has 0 bridgehead atoms. The Kier molecular flexibility index (Phi) is 6.40. The van der Waals surface area contributed by atoms with E-state index in [4.69, 9.17) is 4.74 Å². The van der Waals surface area contributed by atoms with Crippen molar-refractivity contribution in [3.05, 3.63) is 0 Å². The van der Waals surface area contributed by atoms with E-state index in [0.29, 0.717) is 6.42 Å². The van der Waals surface area contributed by atoms with Gasteiger partial charge in [0.05, 0.1) is 18.5 Å². The van der Waals surface area contributed by atoms with Crippen LogP contribution in [0.3, 0.4) is 0 Å². The number of sulfone groups is 1. The second kappa shape index (κ2) is 7.31. The van der Waals surface area contributed by atoms with Crippen molar-refractivity contribution in [2.75, 3.05) is 51.3 Å². The van der Waals surface area contributed by atoms with Crippen molar-refractivity contribution in [2.45, 2.75) is 19.4 Å². The summed E-state index contributed by atoms with van der Waals surface area (Å²) in [5.41, 5.74) is 0. The number of rotatable bonds is 7. The molecule has 17 heavy (non-hydrogen) atoms. The molecule has 5 nitrogen and oxygen atoms in total. The van der Waals surface area contributed by atoms with Crippen molar-refractivity contribution in [1.82, 2.24) is 10.2 Å². The first kappa shape index (κ1) is 14.9. The maximum Gasteiger partial charge on any atom is 0.147 e. The molecule has 1 aliphatic heterocycles.